The van der Waals surface area contributed by atoms with Gasteiger partial charge >= 0.3 is 0 Å². The molecule has 1 unspecified atom stereocenters. The average molecular weight is 354 g/mol. The van der Waals surface area contributed by atoms with Crippen LogP contribution in [0.25, 0.3) is 0 Å². The van der Waals surface area contributed by atoms with Gasteiger partial charge in [0.15, 0.2) is 0 Å². The van der Waals surface area contributed by atoms with Crippen LogP contribution in [0.2, 0.25) is 0 Å². The van der Waals surface area contributed by atoms with Gasteiger partial charge in [-0.25, -0.2) is 0 Å². The molecule has 1 fully saturated rings. The van der Waals surface area contributed by atoms with E-state index in [-0.39, 0.29) is 0 Å². The molecule has 0 aromatic rings. The van der Waals surface area contributed by atoms with E-state index in [0.717, 1.165) is 11.8 Å². The third-order valence-electron chi connectivity index (χ3n) is 3.94. The minimum atomic E-state index is 0.406. The minimum Gasteiger partial charge on any atom is -0.176 e. The maximum absolute atomic E-state index is 4.61. The van der Waals surface area contributed by atoms with Crippen LogP contribution in [-0.2, 0) is 0 Å². The highest BCUT2D eigenvalue weighted by atomic mass is 127. The lowest BCUT2D eigenvalue weighted by molar-refractivity contribution is 0.376. The second-order valence-electron chi connectivity index (χ2n) is 5.33. The Morgan fingerprint density at radius 1 is 1.25 bits per heavy atom. The predicted octanol–water partition coefficient (Wildman–Crippen LogP) is 5.07. The zero-order chi connectivity index (χ0) is 12.0. The number of hydrogen-bond acceptors (Lipinski definition) is 1. The first-order valence-corrected chi connectivity index (χ1v) is 10.4. The maximum Gasteiger partial charge on any atom is 0.00221 e. The van der Waals surface area contributed by atoms with Crippen molar-refractivity contribution in [1.29, 1.82) is 0 Å². The summed E-state index contributed by atoms with van der Waals surface area (Å²) in [4.78, 5) is 2.38. The first kappa shape index (κ1) is 15.0. The molecule has 0 aromatic heterocycles. The summed E-state index contributed by atoms with van der Waals surface area (Å²) in [7, 11) is 0. The van der Waals surface area contributed by atoms with Crippen LogP contribution in [0.3, 0.4) is 0 Å². The van der Waals surface area contributed by atoms with Gasteiger partial charge in [0, 0.05) is 5.25 Å². The normalized spacial score (nSPS) is 31.5. The Morgan fingerprint density at radius 2 is 2.00 bits per heavy atom. The van der Waals surface area contributed by atoms with E-state index >= 15 is 0 Å². The van der Waals surface area contributed by atoms with E-state index in [2.05, 4.69) is 31.4 Å². The van der Waals surface area contributed by atoms with E-state index in [9.17, 15) is 0 Å². The van der Waals surface area contributed by atoms with Crippen LogP contribution in [0.5, 0.6) is 0 Å². The molecule has 0 radical (unpaired) electrons. The molecule has 0 saturated heterocycles. The van der Waals surface area contributed by atoms with Crippen LogP contribution in [0.1, 0.15) is 58.8 Å². The first-order chi connectivity index (χ1) is 7.63. The smallest absolute Gasteiger partial charge is 0.00221 e. The van der Waals surface area contributed by atoms with E-state index in [1.807, 2.05) is 0 Å². The highest BCUT2D eigenvalue weighted by Crippen LogP contribution is 2.37. The molecular formula is C14H27IS. The summed E-state index contributed by atoms with van der Waals surface area (Å²) in [5.41, 5.74) is 0. The van der Waals surface area contributed by atoms with Gasteiger partial charge in [0.05, 0.1) is 0 Å². The fourth-order valence-corrected chi connectivity index (χ4v) is 4.27. The fourth-order valence-electron chi connectivity index (χ4n) is 2.75. The average Bonchev–Trinajstić information content (AvgIpc) is 2.56. The molecule has 0 aromatic carbocycles. The molecule has 0 aliphatic heterocycles. The summed E-state index contributed by atoms with van der Waals surface area (Å²) >= 11 is 5.02. The molecule has 1 aliphatic carbocycles. The molecule has 1 rings (SSSR count). The van der Waals surface area contributed by atoms with Crippen molar-refractivity contribution in [3.05, 3.63) is 0 Å². The van der Waals surface area contributed by atoms with Gasteiger partial charge in [-0.05, 0) is 52.9 Å². The number of unbranched alkanes of at least 4 members (excludes halogenated alkanes) is 2. The van der Waals surface area contributed by atoms with Crippen LogP contribution in [0, 0.1) is 11.8 Å². The van der Waals surface area contributed by atoms with Gasteiger partial charge in [0.25, 0.3) is 0 Å². The molecule has 0 N–H and O–H groups in total. The van der Waals surface area contributed by atoms with Gasteiger partial charge in [-0.3, -0.25) is 0 Å². The highest BCUT2D eigenvalue weighted by Gasteiger charge is 2.28. The number of alkyl halides is 1. The number of rotatable bonds is 6. The van der Waals surface area contributed by atoms with Crippen molar-refractivity contribution in [3.63, 3.8) is 0 Å². The van der Waals surface area contributed by atoms with Gasteiger partial charge < -0.3 is 0 Å². The quantitative estimate of drug-likeness (QED) is 0.293. The zero-order valence-corrected chi connectivity index (χ0v) is 14.1. The second-order valence-corrected chi connectivity index (χ2v) is 8.98. The summed E-state index contributed by atoms with van der Waals surface area (Å²) < 4.78 is 1.78. The minimum absolute atomic E-state index is 0.406. The van der Waals surface area contributed by atoms with Crippen molar-refractivity contribution in [2.75, 3.05) is 4.93 Å². The van der Waals surface area contributed by atoms with Gasteiger partial charge in [-0.15, -0.1) is 20.7 Å². The monoisotopic (exact) mass is 354 g/mol. The Hall–Kier alpha value is 0.950. The standard InChI is InChI=1S/C14H27IS/c1-11-9-14(16)10-13(11)8-6-4-5-7-12(2)15-3/h11,13-14,16H,4-10H2,1-3H3/t11-,13-,14?/m0/s1. The Balaban J connectivity index is 2.03. The van der Waals surface area contributed by atoms with Crippen LogP contribution in [-0.4, -0.2) is 13.7 Å². The van der Waals surface area contributed by atoms with Crippen molar-refractivity contribution >= 4 is 36.9 Å². The van der Waals surface area contributed by atoms with E-state index < -0.39 is 0 Å². The second kappa shape index (κ2) is 8.12. The molecule has 0 amide bonds. The molecular weight excluding hydrogens is 327 g/mol. The number of thiol groups is 1. The van der Waals surface area contributed by atoms with Gasteiger partial charge in [-0.2, -0.15) is 12.6 Å². The Labute approximate surface area is 117 Å². The predicted molar refractivity (Wildman–Crippen MR) is 88.4 cm³/mol. The van der Waals surface area contributed by atoms with Crippen molar-refractivity contribution in [3.8, 4) is 0 Å². The van der Waals surface area contributed by atoms with Crippen molar-refractivity contribution in [1.82, 2.24) is 0 Å². The van der Waals surface area contributed by atoms with Crippen LogP contribution in [0.15, 0.2) is 0 Å². The third kappa shape index (κ3) is 5.52. The van der Waals surface area contributed by atoms with Crippen molar-refractivity contribution < 1.29 is 0 Å². The van der Waals surface area contributed by atoms with Gasteiger partial charge in [-0.1, -0.05) is 26.2 Å². The lowest BCUT2D eigenvalue weighted by Crippen LogP contribution is -2.03. The summed E-state index contributed by atoms with van der Waals surface area (Å²) in [5, 5.41) is 0.695. The van der Waals surface area contributed by atoms with Crippen molar-refractivity contribution in [2.45, 2.75) is 64.0 Å². The topological polar surface area (TPSA) is 0 Å². The molecule has 96 valence electrons. The summed E-state index contributed by atoms with van der Waals surface area (Å²) in [5.74, 6) is 1.91. The molecule has 0 nitrogen and oxygen atoms in total. The molecule has 1 saturated carbocycles. The Bertz CT molecular complexity index is 225. The van der Waals surface area contributed by atoms with Gasteiger partial charge in [0.2, 0.25) is 0 Å². The lowest BCUT2D eigenvalue weighted by Gasteiger charge is -2.14. The Kier molecular flexibility index (Phi) is 7.62. The molecule has 0 bridgehead atoms. The highest BCUT2D eigenvalue weighted by molar-refractivity contribution is 14.2. The van der Waals surface area contributed by atoms with Crippen LogP contribution in [0.4, 0.5) is 0 Å². The Morgan fingerprint density at radius 3 is 2.56 bits per heavy atom. The summed E-state index contributed by atoms with van der Waals surface area (Å²) in [6.07, 6.45) is 9.91. The molecule has 3 atom stereocenters. The number of halogens is 1. The van der Waals surface area contributed by atoms with Crippen molar-refractivity contribution in [2.24, 2.45) is 11.8 Å². The largest absolute Gasteiger partial charge is 0.176 e. The fraction of sp³-hybridized carbons (Fsp3) is 0.929. The summed E-state index contributed by atoms with van der Waals surface area (Å²) in [6.45, 7) is 4.76. The van der Waals surface area contributed by atoms with Gasteiger partial charge in [0.1, 0.15) is 0 Å². The maximum atomic E-state index is 4.61. The molecule has 1 aliphatic rings. The third-order valence-corrected chi connectivity index (χ3v) is 6.74. The van der Waals surface area contributed by atoms with Crippen LogP contribution < -0.4 is 0 Å². The molecule has 16 heavy (non-hydrogen) atoms. The van der Waals surface area contributed by atoms with E-state index in [0.29, 0.717) is 26.0 Å². The van der Waals surface area contributed by atoms with E-state index in [1.54, 1.807) is 3.51 Å². The molecule has 0 heterocycles. The first-order valence-electron chi connectivity index (χ1n) is 6.63. The summed E-state index contributed by atoms with van der Waals surface area (Å²) in [6, 6.07) is 0. The zero-order valence-electron chi connectivity index (χ0n) is 11.0. The number of hydrogen-bond donors (Lipinski definition) is 1. The SMILES string of the molecule is CI=C(C)CCCCC[C@H]1CC(S)C[C@@H]1C. The van der Waals surface area contributed by atoms with Crippen LogP contribution >= 0.6 is 33.4 Å². The molecule has 2 heteroatoms. The molecule has 0 spiro atoms. The van der Waals surface area contributed by atoms with E-state index in [4.69, 9.17) is 0 Å². The lowest BCUT2D eigenvalue weighted by atomic mass is 9.92. The van der Waals surface area contributed by atoms with E-state index in [1.165, 1.54) is 44.9 Å².